The van der Waals surface area contributed by atoms with E-state index in [1.807, 2.05) is 0 Å². The third-order valence-corrected chi connectivity index (χ3v) is 4.54. The molecule has 104 valence electrons. The van der Waals surface area contributed by atoms with Crippen LogP contribution in [0.5, 0.6) is 0 Å². The first-order valence-electron chi connectivity index (χ1n) is 7.67. The molecule has 1 heteroatoms. The maximum Gasteiger partial charge on any atom is 0.0827 e. The summed E-state index contributed by atoms with van der Waals surface area (Å²) in [5, 5.41) is 0. The molecule has 0 saturated heterocycles. The van der Waals surface area contributed by atoms with Gasteiger partial charge in [-0.1, -0.05) is 37.3 Å². The molecule has 0 amide bonds. The molecule has 0 radical (unpaired) electrons. The summed E-state index contributed by atoms with van der Waals surface area (Å²) in [6.07, 6.45) is 10.7. The van der Waals surface area contributed by atoms with Gasteiger partial charge in [-0.25, -0.2) is 4.39 Å². The van der Waals surface area contributed by atoms with Crippen molar-refractivity contribution in [2.45, 2.75) is 57.8 Å². The lowest BCUT2D eigenvalue weighted by Crippen LogP contribution is -2.13. The molecule has 0 heterocycles. The molecule has 0 aromatic heterocycles. The van der Waals surface area contributed by atoms with Gasteiger partial charge in [0.25, 0.3) is 0 Å². The smallest absolute Gasteiger partial charge is 0.0827 e. The van der Waals surface area contributed by atoms with Gasteiger partial charge in [-0.2, -0.15) is 0 Å². The lowest BCUT2D eigenvalue weighted by Gasteiger charge is -2.28. The Morgan fingerprint density at radius 1 is 1.11 bits per heavy atom. The molecule has 1 aromatic rings. The molecule has 0 atom stereocenters. The second-order valence-corrected chi connectivity index (χ2v) is 5.75. The van der Waals surface area contributed by atoms with E-state index in [9.17, 15) is 4.39 Å². The number of hydrogen-bond donors (Lipinski definition) is 0. The molecule has 1 aliphatic rings. The van der Waals surface area contributed by atoms with Gasteiger partial charge in [0.05, 0.1) is 6.33 Å². The number of benzene rings is 1. The van der Waals surface area contributed by atoms with Crippen LogP contribution in [0.3, 0.4) is 0 Å². The Kier molecular flexibility index (Phi) is 5.62. The van der Waals surface area contributed by atoms with Crippen molar-refractivity contribution in [1.82, 2.24) is 0 Å². The standard InChI is InChI=1S/C18H25F/c1-2-15-6-10-17(11-7-15)18-12-8-16(9-13-18)5-3-4-14-19/h4,6-7,10-11,14,16,18H,2-3,5,8-9,12-13H2,1H3/b14-4+. The molecule has 0 N–H and O–H groups in total. The number of rotatable bonds is 5. The van der Waals surface area contributed by atoms with Crippen LogP contribution in [0.2, 0.25) is 0 Å². The molecule has 2 rings (SSSR count). The van der Waals surface area contributed by atoms with Crippen LogP contribution in [-0.2, 0) is 6.42 Å². The van der Waals surface area contributed by atoms with Crippen molar-refractivity contribution in [3.63, 3.8) is 0 Å². The molecule has 1 aliphatic carbocycles. The Labute approximate surface area is 116 Å². The van der Waals surface area contributed by atoms with E-state index in [0.717, 1.165) is 31.1 Å². The molecule has 0 aliphatic heterocycles. The molecule has 1 saturated carbocycles. The first-order chi connectivity index (χ1) is 9.33. The summed E-state index contributed by atoms with van der Waals surface area (Å²) in [5.74, 6) is 1.56. The van der Waals surface area contributed by atoms with Crippen LogP contribution in [-0.4, -0.2) is 0 Å². The minimum Gasteiger partial charge on any atom is -0.216 e. The predicted octanol–water partition coefficient (Wildman–Crippen LogP) is 5.79. The van der Waals surface area contributed by atoms with Crippen molar-refractivity contribution in [3.8, 4) is 0 Å². The molecular weight excluding hydrogens is 235 g/mol. The molecule has 0 unspecified atom stereocenters. The highest BCUT2D eigenvalue weighted by molar-refractivity contribution is 5.25. The van der Waals surface area contributed by atoms with Gasteiger partial charge in [-0.15, -0.1) is 0 Å². The first-order valence-corrected chi connectivity index (χ1v) is 7.67. The van der Waals surface area contributed by atoms with E-state index >= 15 is 0 Å². The summed E-state index contributed by atoms with van der Waals surface area (Å²) in [7, 11) is 0. The normalized spacial score (nSPS) is 23.9. The quantitative estimate of drug-likeness (QED) is 0.629. The van der Waals surface area contributed by atoms with Crippen molar-refractivity contribution in [2.75, 3.05) is 0 Å². The highest BCUT2D eigenvalue weighted by Crippen LogP contribution is 2.37. The summed E-state index contributed by atoms with van der Waals surface area (Å²) in [4.78, 5) is 0. The van der Waals surface area contributed by atoms with E-state index in [2.05, 4.69) is 31.2 Å². The van der Waals surface area contributed by atoms with Gasteiger partial charge in [0.1, 0.15) is 0 Å². The number of hydrogen-bond acceptors (Lipinski definition) is 0. The second kappa shape index (κ2) is 7.47. The van der Waals surface area contributed by atoms with Crippen LogP contribution in [0, 0.1) is 5.92 Å². The van der Waals surface area contributed by atoms with Gasteiger partial charge in [0.15, 0.2) is 0 Å². The molecule has 0 nitrogen and oxygen atoms in total. The minimum atomic E-state index is 0.681. The molecule has 19 heavy (non-hydrogen) atoms. The summed E-state index contributed by atoms with van der Waals surface area (Å²) < 4.78 is 11.9. The fraction of sp³-hybridized carbons (Fsp3) is 0.556. The van der Waals surface area contributed by atoms with Gasteiger partial charge in [-0.05, 0) is 67.9 Å². The Morgan fingerprint density at radius 3 is 2.37 bits per heavy atom. The van der Waals surface area contributed by atoms with Crippen LogP contribution in [0.4, 0.5) is 4.39 Å². The second-order valence-electron chi connectivity index (χ2n) is 5.75. The van der Waals surface area contributed by atoms with Crippen molar-refractivity contribution in [2.24, 2.45) is 5.92 Å². The maximum absolute atomic E-state index is 11.9. The van der Waals surface area contributed by atoms with E-state index in [1.54, 1.807) is 6.08 Å². The van der Waals surface area contributed by atoms with Gasteiger partial charge in [0, 0.05) is 0 Å². The molecule has 1 fully saturated rings. The van der Waals surface area contributed by atoms with Crippen LogP contribution in [0.15, 0.2) is 36.7 Å². The minimum absolute atomic E-state index is 0.681. The zero-order valence-electron chi connectivity index (χ0n) is 11.9. The van der Waals surface area contributed by atoms with Crippen molar-refractivity contribution >= 4 is 0 Å². The van der Waals surface area contributed by atoms with Crippen molar-refractivity contribution in [1.29, 1.82) is 0 Å². The number of halogens is 1. The van der Waals surface area contributed by atoms with Crippen LogP contribution >= 0.6 is 0 Å². The van der Waals surface area contributed by atoms with E-state index in [0.29, 0.717) is 6.33 Å². The van der Waals surface area contributed by atoms with Crippen molar-refractivity contribution < 1.29 is 4.39 Å². The highest BCUT2D eigenvalue weighted by atomic mass is 19.1. The summed E-state index contributed by atoms with van der Waals surface area (Å²) >= 11 is 0. The third-order valence-electron chi connectivity index (χ3n) is 4.54. The van der Waals surface area contributed by atoms with Crippen molar-refractivity contribution in [3.05, 3.63) is 47.8 Å². The average Bonchev–Trinajstić information content (AvgIpc) is 2.48. The average molecular weight is 260 g/mol. The fourth-order valence-corrected chi connectivity index (χ4v) is 3.20. The Morgan fingerprint density at radius 2 is 1.79 bits per heavy atom. The Hall–Kier alpha value is -1.11. The lowest BCUT2D eigenvalue weighted by atomic mass is 9.77. The number of aryl methyl sites for hydroxylation is 1. The maximum atomic E-state index is 11.9. The number of allylic oxidation sites excluding steroid dienone is 1. The summed E-state index contributed by atoms with van der Waals surface area (Å²) in [5.41, 5.74) is 2.94. The van der Waals surface area contributed by atoms with E-state index < -0.39 is 0 Å². The molecule has 0 bridgehead atoms. The Bertz CT molecular complexity index is 383. The third kappa shape index (κ3) is 4.19. The fourth-order valence-electron chi connectivity index (χ4n) is 3.20. The zero-order valence-corrected chi connectivity index (χ0v) is 11.9. The molecule has 1 aromatic carbocycles. The molecule has 0 spiro atoms. The van der Waals surface area contributed by atoms with Crippen LogP contribution < -0.4 is 0 Å². The van der Waals surface area contributed by atoms with E-state index in [-0.39, 0.29) is 0 Å². The topological polar surface area (TPSA) is 0 Å². The highest BCUT2D eigenvalue weighted by Gasteiger charge is 2.21. The Balaban J connectivity index is 1.81. The van der Waals surface area contributed by atoms with E-state index in [4.69, 9.17) is 0 Å². The van der Waals surface area contributed by atoms with Gasteiger partial charge in [-0.3, -0.25) is 0 Å². The zero-order chi connectivity index (χ0) is 13.5. The SMILES string of the molecule is CCc1ccc(C2CCC(CC/C=C/F)CC2)cc1. The first kappa shape index (κ1) is 14.3. The largest absolute Gasteiger partial charge is 0.216 e. The summed E-state index contributed by atoms with van der Waals surface area (Å²) in [6.45, 7) is 2.20. The van der Waals surface area contributed by atoms with Crippen LogP contribution in [0.1, 0.15) is 62.5 Å². The monoisotopic (exact) mass is 260 g/mol. The summed E-state index contributed by atoms with van der Waals surface area (Å²) in [6, 6.07) is 9.17. The van der Waals surface area contributed by atoms with Gasteiger partial charge in [0.2, 0.25) is 0 Å². The lowest BCUT2D eigenvalue weighted by molar-refractivity contribution is 0.311. The predicted molar refractivity (Wildman–Crippen MR) is 80.0 cm³/mol. The van der Waals surface area contributed by atoms with E-state index in [1.165, 1.54) is 36.8 Å². The van der Waals surface area contributed by atoms with Gasteiger partial charge < -0.3 is 0 Å². The van der Waals surface area contributed by atoms with Crippen LogP contribution in [0.25, 0.3) is 0 Å². The van der Waals surface area contributed by atoms with Gasteiger partial charge >= 0.3 is 0 Å². The molecular formula is C18H25F.